The molecule has 0 aliphatic heterocycles. The van der Waals surface area contributed by atoms with Crippen molar-refractivity contribution in [3.05, 3.63) is 0 Å². The van der Waals surface area contributed by atoms with Crippen molar-refractivity contribution in [1.29, 1.82) is 5.26 Å². The van der Waals surface area contributed by atoms with E-state index in [9.17, 15) is 10.1 Å². The number of carbonyl (C=O) groups is 1. The monoisotopic (exact) mass is 405 g/mol. The van der Waals surface area contributed by atoms with Crippen LogP contribution in [-0.4, -0.2) is 21.0 Å². The third-order valence-electron chi connectivity index (χ3n) is 4.27. The number of unbranched alkanes of at least 4 members (excludes halogenated alkanes) is 9. The van der Waals surface area contributed by atoms with Crippen molar-refractivity contribution >= 4 is 47.6 Å². The minimum atomic E-state index is -0.876. The topological polar surface area (TPSA) is 61.1 Å². The maximum absolute atomic E-state index is 10.7. The summed E-state index contributed by atoms with van der Waals surface area (Å²) in [7, 11) is 0. The zero-order valence-corrected chi connectivity index (χ0v) is 18.4. The Balaban J connectivity index is 0. The average molecular weight is 406 g/mol. The standard InChI is InChI=1S/C19H33NO2S2.H2S/c1-3-4-5-6-7-8-9-10-11-12-15-24-18(23)19(2,16-20)14-13-17(21)22;/h3-15H2,1-2H3,(H,21,22);1H2. The first kappa shape index (κ1) is 27.0. The Labute approximate surface area is 170 Å². The fraction of sp³-hybridized carbons (Fsp3) is 0.842. The van der Waals surface area contributed by atoms with E-state index >= 15 is 0 Å². The van der Waals surface area contributed by atoms with Gasteiger partial charge in [-0.2, -0.15) is 18.8 Å². The third kappa shape index (κ3) is 14.6. The van der Waals surface area contributed by atoms with Crippen LogP contribution in [0.5, 0.6) is 0 Å². The van der Waals surface area contributed by atoms with Crippen LogP contribution < -0.4 is 0 Å². The number of carboxylic acids is 1. The summed E-state index contributed by atoms with van der Waals surface area (Å²) in [6.45, 7) is 4.00. The summed E-state index contributed by atoms with van der Waals surface area (Å²) in [5.41, 5.74) is -0.809. The Morgan fingerprint density at radius 1 is 1.08 bits per heavy atom. The Bertz CT molecular complexity index is 410. The average Bonchev–Trinajstić information content (AvgIpc) is 2.57. The first-order valence-electron chi connectivity index (χ1n) is 9.26. The molecule has 146 valence electrons. The maximum Gasteiger partial charge on any atom is 0.303 e. The summed E-state index contributed by atoms with van der Waals surface area (Å²) in [4.78, 5) is 10.7. The Morgan fingerprint density at radius 3 is 2.00 bits per heavy atom. The highest BCUT2D eigenvalue weighted by Gasteiger charge is 2.30. The number of rotatable bonds is 15. The molecule has 0 amide bonds. The number of hydrogen-bond donors (Lipinski definition) is 1. The van der Waals surface area contributed by atoms with E-state index in [1.165, 1.54) is 57.8 Å². The van der Waals surface area contributed by atoms with Crippen LogP contribution >= 0.6 is 37.5 Å². The zero-order chi connectivity index (χ0) is 18.3. The molecule has 0 saturated heterocycles. The van der Waals surface area contributed by atoms with Crippen LogP contribution in [0.25, 0.3) is 0 Å². The van der Waals surface area contributed by atoms with Crippen LogP contribution in [-0.2, 0) is 4.79 Å². The molecule has 1 unspecified atom stereocenters. The van der Waals surface area contributed by atoms with Crippen molar-refractivity contribution in [3.8, 4) is 6.07 Å². The lowest BCUT2D eigenvalue weighted by atomic mass is 9.89. The van der Waals surface area contributed by atoms with Gasteiger partial charge >= 0.3 is 5.97 Å². The summed E-state index contributed by atoms with van der Waals surface area (Å²) in [6.07, 6.45) is 13.3. The largest absolute Gasteiger partial charge is 0.481 e. The van der Waals surface area contributed by atoms with Crippen molar-refractivity contribution in [2.24, 2.45) is 5.41 Å². The molecular weight excluding hydrogens is 370 g/mol. The molecule has 0 heterocycles. The van der Waals surface area contributed by atoms with E-state index in [-0.39, 0.29) is 19.9 Å². The molecule has 0 fully saturated rings. The molecule has 0 aromatic heterocycles. The Kier molecular flexibility index (Phi) is 18.5. The molecule has 3 nitrogen and oxygen atoms in total. The fourth-order valence-electron chi connectivity index (χ4n) is 2.47. The molecule has 1 N–H and O–H groups in total. The Morgan fingerprint density at radius 2 is 1.56 bits per heavy atom. The summed E-state index contributed by atoms with van der Waals surface area (Å²) in [5, 5.41) is 18.1. The molecule has 6 heteroatoms. The van der Waals surface area contributed by atoms with E-state index in [4.69, 9.17) is 17.3 Å². The van der Waals surface area contributed by atoms with E-state index in [2.05, 4.69) is 13.0 Å². The lowest BCUT2D eigenvalue weighted by Gasteiger charge is -2.21. The normalized spacial score (nSPS) is 12.7. The first-order chi connectivity index (χ1) is 11.5. The van der Waals surface area contributed by atoms with E-state index in [0.717, 1.165) is 12.2 Å². The van der Waals surface area contributed by atoms with Gasteiger partial charge in [-0.15, -0.1) is 11.8 Å². The summed E-state index contributed by atoms with van der Waals surface area (Å²) in [6, 6.07) is 2.20. The quantitative estimate of drug-likeness (QED) is 0.250. The second-order valence-corrected chi connectivity index (χ2v) is 8.43. The number of nitrogens with zero attached hydrogens (tertiary/aromatic N) is 1. The molecule has 1 atom stereocenters. The molecule has 0 spiro atoms. The number of thiocarbonyl (C=S) groups is 1. The molecule has 0 aliphatic carbocycles. The predicted octanol–water partition coefficient (Wildman–Crippen LogP) is 6.48. The molecule has 0 bridgehead atoms. The molecule has 0 radical (unpaired) electrons. The van der Waals surface area contributed by atoms with Gasteiger partial charge in [0, 0.05) is 6.42 Å². The summed E-state index contributed by atoms with van der Waals surface area (Å²) >= 11 is 6.91. The lowest BCUT2D eigenvalue weighted by molar-refractivity contribution is -0.137. The summed E-state index contributed by atoms with van der Waals surface area (Å²) in [5.74, 6) is 0.0543. The van der Waals surface area contributed by atoms with Gasteiger partial charge in [0.1, 0.15) is 0 Å². The van der Waals surface area contributed by atoms with Gasteiger partial charge < -0.3 is 5.11 Å². The smallest absolute Gasteiger partial charge is 0.303 e. The first-order valence-corrected chi connectivity index (χ1v) is 10.7. The van der Waals surface area contributed by atoms with Crippen molar-refractivity contribution in [3.63, 3.8) is 0 Å². The maximum atomic E-state index is 10.7. The van der Waals surface area contributed by atoms with Gasteiger partial charge in [-0.05, 0) is 25.5 Å². The highest BCUT2D eigenvalue weighted by Crippen LogP contribution is 2.31. The number of aliphatic carboxylic acids is 1. The van der Waals surface area contributed by atoms with E-state index < -0.39 is 11.4 Å². The van der Waals surface area contributed by atoms with Crippen molar-refractivity contribution < 1.29 is 9.90 Å². The molecular formula is C19H35NO2S3. The van der Waals surface area contributed by atoms with Gasteiger partial charge in [-0.25, -0.2) is 0 Å². The van der Waals surface area contributed by atoms with Crippen molar-refractivity contribution in [1.82, 2.24) is 0 Å². The number of hydrogen-bond acceptors (Lipinski definition) is 4. The van der Waals surface area contributed by atoms with Crippen LogP contribution in [0.2, 0.25) is 0 Å². The summed E-state index contributed by atoms with van der Waals surface area (Å²) < 4.78 is 0.641. The van der Waals surface area contributed by atoms with Gasteiger partial charge in [-0.1, -0.05) is 76.9 Å². The van der Waals surface area contributed by atoms with Crippen LogP contribution in [0.1, 0.15) is 90.9 Å². The second kappa shape index (κ2) is 17.2. The number of nitriles is 1. The molecule has 0 aromatic rings. The van der Waals surface area contributed by atoms with Crippen molar-refractivity contribution in [2.75, 3.05) is 5.75 Å². The van der Waals surface area contributed by atoms with E-state index in [0.29, 0.717) is 10.6 Å². The van der Waals surface area contributed by atoms with E-state index in [1.807, 2.05) is 0 Å². The van der Waals surface area contributed by atoms with Gasteiger partial charge in [0.25, 0.3) is 0 Å². The minimum absolute atomic E-state index is 0. The number of thioether (sulfide) groups is 1. The van der Waals surface area contributed by atoms with Gasteiger partial charge in [0.05, 0.1) is 15.7 Å². The van der Waals surface area contributed by atoms with Crippen LogP contribution in [0, 0.1) is 16.7 Å². The highest BCUT2D eigenvalue weighted by atomic mass is 32.2. The second-order valence-electron chi connectivity index (χ2n) is 6.66. The molecule has 0 rings (SSSR count). The van der Waals surface area contributed by atoms with Gasteiger partial charge in [0.15, 0.2) is 0 Å². The van der Waals surface area contributed by atoms with E-state index in [1.54, 1.807) is 18.7 Å². The third-order valence-corrected chi connectivity index (χ3v) is 6.28. The molecule has 25 heavy (non-hydrogen) atoms. The SMILES string of the molecule is CCCCCCCCCCCCSC(=S)C(C)(C#N)CCC(=O)O.S. The number of carboxylic acid groups (broad SMARTS) is 1. The highest BCUT2D eigenvalue weighted by molar-refractivity contribution is 8.23. The molecule has 0 aromatic carbocycles. The van der Waals surface area contributed by atoms with Crippen LogP contribution in [0.4, 0.5) is 0 Å². The lowest BCUT2D eigenvalue weighted by Crippen LogP contribution is -2.23. The minimum Gasteiger partial charge on any atom is -0.481 e. The van der Waals surface area contributed by atoms with Gasteiger partial charge in [0.2, 0.25) is 0 Å². The molecule has 0 saturated carbocycles. The van der Waals surface area contributed by atoms with Crippen LogP contribution in [0.3, 0.4) is 0 Å². The molecule has 0 aliphatic rings. The zero-order valence-electron chi connectivity index (χ0n) is 15.8. The van der Waals surface area contributed by atoms with Crippen molar-refractivity contribution in [2.45, 2.75) is 90.9 Å². The van der Waals surface area contributed by atoms with Gasteiger partial charge in [-0.3, -0.25) is 4.79 Å². The fourth-order valence-corrected chi connectivity index (χ4v) is 3.87. The predicted molar refractivity (Wildman–Crippen MR) is 118 cm³/mol. The Hall–Kier alpha value is -0.250. The van der Waals surface area contributed by atoms with Crippen LogP contribution in [0.15, 0.2) is 0 Å².